The van der Waals surface area contributed by atoms with Gasteiger partial charge in [0.2, 0.25) is 0 Å². The predicted octanol–water partition coefficient (Wildman–Crippen LogP) is 4.03. The lowest BCUT2D eigenvalue weighted by molar-refractivity contribution is 0.335. The minimum atomic E-state index is 0.405. The molecule has 0 saturated heterocycles. The molecule has 1 aliphatic rings. The third-order valence-electron chi connectivity index (χ3n) is 3.79. The van der Waals surface area contributed by atoms with Gasteiger partial charge in [0.25, 0.3) is 0 Å². The Morgan fingerprint density at radius 1 is 1.35 bits per heavy atom. The van der Waals surface area contributed by atoms with Crippen LogP contribution in [0.1, 0.15) is 64.2 Å². The van der Waals surface area contributed by atoms with E-state index in [1.54, 1.807) is 0 Å². The Kier molecular flexibility index (Phi) is 4.37. The number of aryl methyl sites for hydroxylation is 1. The van der Waals surface area contributed by atoms with Crippen molar-refractivity contribution in [1.29, 1.82) is 0 Å². The lowest BCUT2D eigenvalue weighted by atomic mass is 9.86. The van der Waals surface area contributed by atoms with Crippen molar-refractivity contribution in [2.24, 2.45) is 5.92 Å². The van der Waals surface area contributed by atoms with Gasteiger partial charge in [-0.3, -0.25) is 5.10 Å². The van der Waals surface area contributed by atoms with Crippen LogP contribution in [0.15, 0.2) is 0 Å². The van der Waals surface area contributed by atoms with Crippen molar-refractivity contribution < 1.29 is 0 Å². The van der Waals surface area contributed by atoms with Gasteiger partial charge in [-0.2, -0.15) is 5.10 Å². The van der Waals surface area contributed by atoms with Crippen molar-refractivity contribution in [2.75, 3.05) is 0 Å². The Labute approximate surface area is 109 Å². The average molecular weight is 253 g/mol. The van der Waals surface area contributed by atoms with Crippen LogP contribution in [0.5, 0.6) is 0 Å². The largest absolute Gasteiger partial charge is 0.302 e. The summed E-state index contributed by atoms with van der Waals surface area (Å²) in [6, 6.07) is 0.405. The molecule has 0 aromatic carbocycles. The number of hydrogen-bond donors (Lipinski definition) is 1. The zero-order valence-electron chi connectivity index (χ0n) is 10.9. The first-order chi connectivity index (χ1) is 8.18. The highest BCUT2D eigenvalue weighted by atomic mass is 32.1. The Balaban J connectivity index is 1.96. The fraction of sp³-hybridized carbons (Fsp3) is 0.846. The highest BCUT2D eigenvalue weighted by molar-refractivity contribution is 7.71. The van der Waals surface area contributed by atoms with Gasteiger partial charge in [0.05, 0.1) is 0 Å². The normalized spacial score (nSPS) is 17.8. The Bertz CT molecular complexity index is 399. The summed E-state index contributed by atoms with van der Waals surface area (Å²) in [5, 5.41) is 7.29. The van der Waals surface area contributed by atoms with Gasteiger partial charge < -0.3 is 4.57 Å². The molecule has 1 saturated carbocycles. The molecule has 17 heavy (non-hydrogen) atoms. The summed E-state index contributed by atoms with van der Waals surface area (Å²) < 4.78 is 2.91. The zero-order chi connectivity index (χ0) is 12.3. The molecular formula is C13H23N3S. The van der Waals surface area contributed by atoms with E-state index in [0.29, 0.717) is 6.04 Å². The fourth-order valence-electron chi connectivity index (χ4n) is 2.86. The molecule has 0 atom stereocenters. The summed E-state index contributed by atoms with van der Waals surface area (Å²) in [6.07, 6.45) is 9.42. The molecule has 1 fully saturated rings. The molecule has 1 aromatic heterocycles. The van der Waals surface area contributed by atoms with E-state index in [1.165, 1.54) is 38.5 Å². The first-order valence-electron chi connectivity index (χ1n) is 6.84. The van der Waals surface area contributed by atoms with Gasteiger partial charge in [0.15, 0.2) is 4.77 Å². The molecule has 1 aliphatic carbocycles. The first kappa shape index (κ1) is 12.8. The molecule has 1 heterocycles. The molecular weight excluding hydrogens is 230 g/mol. The lowest BCUT2D eigenvalue weighted by Crippen LogP contribution is -2.11. The number of aromatic nitrogens is 3. The van der Waals surface area contributed by atoms with Crippen molar-refractivity contribution in [3.63, 3.8) is 0 Å². The summed E-state index contributed by atoms with van der Waals surface area (Å²) in [6.45, 7) is 4.32. The second-order valence-corrected chi connectivity index (χ2v) is 5.84. The van der Waals surface area contributed by atoms with Crippen LogP contribution in [0.3, 0.4) is 0 Å². The lowest BCUT2D eigenvalue weighted by Gasteiger charge is -2.21. The van der Waals surface area contributed by atoms with E-state index in [1.807, 2.05) is 0 Å². The average Bonchev–Trinajstić information content (AvgIpc) is 2.69. The van der Waals surface area contributed by atoms with E-state index in [4.69, 9.17) is 12.2 Å². The number of aromatic amines is 1. The minimum Gasteiger partial charge on any atom is -0.302 e. The summed E-state index contributed by atoms with van der Waals surface area (Å²) in [5.74, 6) is 2.05. The Morgan fingerprint density at radius 3 is 2.71 bits per heavy atom. The topological polar surface area (TPSA) is 33.6 Å². The number of H-pyrrole nitrogens is 1. The number of nitrogens with one attached hydrogen (secondary N) is 1. The molecule has 2 rings (SSSR count). The van der Waals surface area contributed by atoms with Gasteiger partial charge in [-0.05, 0) is 38.4 Å². The maximum Gasteiger partial charge on any atom is 0.195 e. The van der Waals surface area contributed by atoms with Crippen molar-refractivity contribution in [3.8, 4) is 0 Å². The van der Waals surface area contributed by atoms with E-state index < -0.39 is 0 Å². The summed E-state index contributed by atoms with van der Waals surface area (Å²) >= 11 is 5.26. The number of nitrogens with zero attached hydrogens (tertiary/aromatic N) is 2. The summed E-state index contributed by atoms with van der Waals surface area (Å²) in [5.41, 5.74) is 0. The van der Waals surface area contributed by atoms with Crippen LogP contribution in [0.4, 0.5) is 0 Å². The maximum atomic E-state index is 5.26. The monoisotopic (exact) mass is 253 g/mol. The van der Waals surface area contributed by atoms with Crippen LogP contribution in [-0.4, -0.2) is 14.8 Å². The summed E-state index contributed by atoms with van der Waals surface area (Å²) in [4.78, 5) is 0. The molecule has 0 radical (unpaired) electrons. The van der Waals surface area contributed by atoms with Gasteiger partial charge in [-0.15, -0.1) is 0 Å². The van der Waals surface area contributed by atoms with E-state index in [9.17, 15) is 0 Å². The molecule has 0 unspecified atom stereocenters. The maximum absolute atomic E-state index is 5.26. The third kappa shape index (κ3) is 3.18. The molecule has 4 heteroatoms. The Morgan fingerprint density at radius 2 is 2.06 bits per heavy atom. The first-order valence-corrected chi connectivity index (χ1v) is 7.25. The van der Waals surface area contributed by atoms with Crippen LogP contribution < -0.4 is 0 Å². The van der Waals surface area contributed by atoms with Crippen LogP contribution in [-0.2, 0) is 6.42 Å². The van der Waals surface area contributed by atoms with Crippen LogP contribution in [0.25, 0.3) is 0 Å². The molecule has 0 amide bonds. The Hall–Kier alpha value is -0.640. The molecule has 0 spiro atoms. The van der Waals surface area contributed by atoms with Crippen molar-refractivity contribution in [3.05, 3.63) is 10.6 Å². The number of rotatable bonds is 4. The van der Waals surface area contributed by atoms with E-state index in [0.717, 1.165) is 22.9 Å². The SMILES string of the molecule is CC(C)n1c(CCC2CCCCC2)n[nH]c1=S. The van der Waals surface area contributed by atoms with Crippen LogP contribution >= 0.6 is 12.2 Å². The van der Waals surface area contributed by atoms with E-state index >= 15 is 0 Å². The molecule has 1 N–H and O–H groups in total. The fourth-order valence-corrected chi connectivity index (χ4v) is 3.22. The van der Waals surface area contributed by atoms with E-state index in [2.05, 4.69) is 28.6 Å². The molecule has 0 bridgehead atoms. The van der Waals surface area contributed by atoms with Crippen molar-refractivity contribution in [2.45, 2.75) is 64.8 Å². The zero-order valence-corrected chi connectivity index (χ0v) is 11.7. The van der Waals surface area contributed by atoms with Gasteiger partial charge in [-0.1, -0.05) is 32.1 Å². The van der Waals surface area contributed by atoms with Crippen molar-refractivity contribution in [1.82, 2.24) is 14.8 Å². The van der Waals surface area contributed by atoms with Gasteiger partial charge in [0, 0.05) is 12.5 Å². The van der Waals surface area contributed by atoms with Crippen LogP contribution in [0.2, 0.25) is 0 Å². The highest BCUT2D eigenvalue weighted by Gasteiger charge is 2.15. The second-order valence-electron chi connectivity index (χ2n) is 5.45. The van der Waals surface area contributed by atoms with Gasteiger partial charge in [0.1, 0.15) is 5.82 Å². The number of hydrogen-bond acceptors (Lipinski definition) is 2. The highest BCUT2D eigenvalue weighted by Crippen LogP contribution is 2.27. The quantitative estimate of drug-likeness (QED) is 0.822. The smallest absolute Gasteiger partial charge is 0.195 e. The summed E-state index contributed by atoms with van der Waals surface area (Å²) in [7, 11) is 0. The predicted molar refractivity (Wildman–Crippen MR) is 72.7 cm³/mol. The molecule has 1 aromatic rings. The molecule has 3 nitrogen and oxygen atoms in total. The van der Waals surface area contributed by atoms with Gasteiger partial charge >= 0.3 is 0 Å². The molecule has 0 aliphatic heterocycles. The molecule has 96 valence electrons. The van der Waals surface area contributed by atoms with Crippen molar-refractivity contribution >= 4 is 12.2 Å². The second kappa shape index (κ2) is 5.80. The van der Waals surface area contributed by atoms with E-state index in [-0.39, 0.29) is 0 Å². The minimum absolute atomic E-state index is 0.405. The standard InChI is InChI=1S/C13H23N3S/c1-10(2)16-12(14-15-13(16)17)9-8-11-6-4-3-5-7-11/h10-11H,3-9H2,1-2H3,(H,15,17). The van der Waals surface area contributed by atoms with Crippen LogP contribution in [0, 0.1) is 10.7 Å². The van der Waals surface area contributed by atoms with Gasteiger partial charge in [-0.25, -0.2) is 0 Å². The third-order valence-corrected chi connectivity index (χ3v) is 4.08.